The fourth-order valence-electron chi connectivity index (χ4n) is 2.20. The summed E-state index contributed by atoms with van der Waals surface area (Å²) in [6, 6.07) is 0. The van der Waals surface area contributed by atoms with Gasteiger partial charge in [-0.3, -0.25) is 9.89 Å². The Labute approximate surface area is 114 Å². The van der Waals surface area contributed by atoms with Crippen molar-refractivity contribution >= 4 is 24.1 Å². The number of aryl methyl sites for hydroxylation is 1. The van der Waals surface area contributed by atoms with Crippen molar-refractivity contribution in [2.24, 2.45) is 5.92 Å². The molecule has 1 saturated heterocycles. The lowest BCUT2D eigenvalue weighted by Gasteiger charge is -2.21. The Bertz CT molecular complexity index is 399. The van der Waals surface area contributed by atoms with Crippen molar-refractivity contribution in [3.8, 4) is 0 Å². The molecule has 5 nitrogen and oxygen atoms in total. The lowest BCUT2D eigenvalue weighted by molar-refractivity contribution is -0.120. The molecular formula is C12H21ClN4O. The van der Waals surface area contributed by atoms with Gasteiger partial charge in [0.25, 0.3) is 0 Å². The average molecular weight is 273 g/mol. The van der Waals surface area contributed by atoms with Gasteiger partial charge in [-0.1, -0.05) is 6.92 Å². The molecule has 1 aromatic rings. The minimum absolute atomic E-state index is 0. The number of hydrogen-bond acceptors (Lipinski definition) is 3. The van der Waals surface area contributed by atoms with Crippen LogP contribution >= 0.6 is 12.4 Å². The molecule has 3 N–H and O–H groups in total. The number of carbonyl (C=O) groups excluding carboxylic acids is 1. The number of hydrogen-bond donors (Lipinski definition) is 3. The molecule has 1 amide bonds. The third-order valence-electron chi connectivity index (χ3n) is 3.42. The summed E-state index contributed by atoms with van der Waals surface area (Å²) >= 11 is 0. The zero-order valence-corrected chi connectivity index (χ0v) is 11.7. The van der Waals surface area contributed by atoms with E-state index in [0.29, 0.717) is 5.82 Å². The van der Waals surface area contributed by atoms with Crippen LogP contribution in [0.3, 0.4) is 0 Å². The largest absolute Gasteiger partial charge is 0.317 e. The minimum atomic E-state index is 0. The first-order chi connectivity index (χ1) is 8.22. The summed E-state index contributed by atoms with van der Waals surface area (Å²) in [4.78, 5) is 12.0. The van der Waals surface area contributed by atoms with Gasteiger partial charge in [-0.2, -0.15) is 5.10 Å². The van der Waals surface area contributed by atoms with E-state index < -0.39 is 0 Å². The van der Waals surface area contributed by atoms with Gasteiger partial charge in [-0.05, 0) is 39.3 Å². The van der Waals surface area contributed by atoms with Crippen molar-refractivity contribution < 1.29 is 4.79 Å². The number of aromatic amines is 1. The van der Waals surface area contributed by atoms with Gasteiger partial charge < -0.3 is 10.6 Å². The first-order valence-electron chi connectivity index (χ1n) is 6.27. The Balaban J connectivity index is 0.00000162. The second-order valence-electron chi connectivity index (χ2n) is 4.54. The standard InChI is InChI=1S/C12H20N4O.ClH/c1-3-10-8(2)11(16-15-10)14-12(17)9-4-6-13-7-5-9;/h9,13H,3-7H2,1-2H3,(H2,14,15,16,17);1H. The third kappa shape index (κ3) is 3.23. The molecule has 1 aliphatic rings. The molecule has 1 aromatic heterocycles. The van der Waals surface area contributed by atoms with Crippen LogP contribution in [0.15, 0.2) is 0 Å². The molecule has 0 saturated carbocycles. The van der Waals surface area contributed by atoms with Crippen LogP contribution in [0.5, 0.6) is 0 Å². The number of nitrogens with zero attached hydrogens (tertiary/aromatic N) is 1. The maximum Gasteiger partial charge on any atom is 0.228 e. The first kappa shape index (κ1) is 15.0. The molecule has 18 heavy (non-hydrogen) atoms. The van der Waals surface area contributed by atoms with E-state index in [4.69, 9.17) is 0 Å². The maximum absolute atomic E-state index is 12.0. The molecule has 0 atom stereocenters. The zero-order valence-electron chi connectivity index (χ0n) is 10.9. The van der Waals surface area contributed by atoms with Crippen molar-refractivity contribution in [2.45, 2.75) is 33.1 Å². The van der Waals surface area contributed by atoms with Crippen molar-refractivity contribution in [1.82, 2.24) is 15.5 Å². The van der Waals surface area contributed by atoms with Gasteiger partial charge in [-0.15, -0.1) is 12.4 Å². The highest BCUT2D eigenvalue weighted by Gasteiger charge is 2.22. The Morgan fingerprint density at radius 2 is 2.11 bits per heavy atom. The van der Waals surface area contributed by atoms with Gasteiger partial charge in [0.05, 0.1) is 0 Å². The Morgan fingerprint density at radius 1 is 1.44 bits per heavy atom. The SMILES string of the molecule is CCc1[nH]nc(NC(=O)C2CCNCC2)c1C.Cl. The minimum Gasteiger partial charge on any atom is -0.317 e. The van der Waals surface area contributed by atoms with Crippen LogP contribution in [0.4, 0.5) is 5.82 Å². The molecule has 1 aliphatic heterocycles. The lowest BCUT2D eigenvalue weighted by atomic mass is 9.97. The van der Waals surface area contributed by atoms with E-state index in [9.17, 15) is 4.79 Å². The summed E-state index contributed by atoms with van der Waals surface area (Å²) in [7, 11) is 0. The van der Waals surface area contributed by atoms with E-state index in [1.54, 1.807) is 0 Å². The van der Waals surface area contributed by atoms with Crippen molar-refractivity contribution in [2.75, 3.05) is 18.4 Å². The summed E-state index contributed by atoms with van der Waals surface area (Å²) < 4.78 is 0. The van der Waals surface area contributed by atoms with E-state index in [1.807, 2.05) is 6.92 Å². The number of H-pyrrole nitrogens is 1. The van der Waals surface area contributed by atoms with E-state index in [1.165, 1.54) is 0 Å². The van der Waals surface area contributed by atoms with Crippen LogP contribution in [0.25, 0.3) is 0 Å². The zero-order chi connectivity index (χ0) is 12.3. The average Bonchev–Trinajstić information content (AvgIpc) is 2.71. The molecule has 0 spiro atoms. The number of piperidine rings is 1. The topological polar surface area (TPSA) is 69.8 Å². The Hall–Kier alpha value is -1.07. The monoisotopic (exact) mass is 272 g/mol. The fourth-order valence-corrected chi connectivity index (χ4v) is 2.20. The molecule has 0 bridgehead atoms. The molecule has 0 unspecified atom stereocenters. The van der Waals surface area contributed by atoms with Crippen LogP contribution in [0, 0.1) is 12.8 Å². The van der Waals surface area contributed by atoms with E-state index >= 15 is 0 Å². The maximum atomic E-state index is 12.0. The quantitative estimate of drug-likeness (QED) is 0.783. The third-order valence-corrected chi connectivity index (χ3v) is 3.42. The molecule has 0 radical (unpaired) electrons. The molecule has 102 valence electrons. The molecule has 1 fully saturated rings. The second-order valence-corrected chi connectivity index (χ2v) is 4.54. The number of carbonyl (C=O) groups is 1. The van der Waals surface area contributed by atoms with Gasteiger partial charge in [0.2, 0.25) is 5.91 Å². The molecule has 0 aromatic carbocycles. The number of nitrogens with one attached hydrogen (secondary N) is 3. The van der Waals surface area contributed by atoms with E-state index in [0.717, 1.165) is 43.6 Å². The highest BCUT2D eigenvalue weighted by atomic mass is 35.5. The molecular weight excluding hydrogens is 252 g/mol. The normalized spacial score (nSPS) is 16.1. The molecule has 2 heterocycles. The summed E-state index contributed by atoms with van der Waals surface area (Å²) in [6.45, 7) is 5.91. The van der Waals surface area contributed by atoms with Crippen molar-refractivity contribution in [3.63, 3.8) is 0 Å². The Kier molecular flexibility index (Phi) is 5.62. The van der Waals surface area contributed by atoms with E-state index in [-0.39, 0.29) is 24.2 Å². The number of amides is 1. The highest BCUT2D eigenvalue weighted by molar-refractivity contribution is 5.92. The number of halogens is 1. The van der Waals surface area contributed by atoms with Crippen molar-refractivity contribution in [3.05, 3.63) is 11.3 Å². The molecule has 2 rings (SSSR count). The van der Waals surface area contributed by atoms with Crippen LogP contribution in [0.2, 0.25) is 0 Å². The van der Waals surface area contributed by atoms with Crippen molar-refractivity contribution in [1.29, 1.82) is 0 Å². The second kappa shape index (κ2) is 6.75. The van der Waals surface area contributed by atoms with Crippen LogP contribution < -0.4 is 10.6 Å². The van der Waals surface area contributed by atoms with Gasteiger partial charge in [-0.25, -0.2) is 0 Å². The first-order valence-corrected chi connectivity index (χ1v) is 6.27. The Morgan fingerprint density at radius 3 is 2.67 bits per heavy atom. The number of anilines is 1. The van der Waals surface area contributed by atoms with Crippen LogP contribution in [-0.2, 0) is 11.2 Å². The smallest absolute Gasteiger partial charge is 0.228 e. The summed E-state index contributed by atoms with van der Waals surface area (Å²) in [6.07, 6.45) is 2.73. The highest BCUT2D eigenvalue weighted by Crippen LogP contribution is 2.18. The van der Waals surface area contributed by atoms with Gasteiger partial charge in [0, 0.05) is 17.2 Å². The number of aromatic nitrogens is 2. The summed E-state index contributed by atoms with van der Waals surface area (Å²) in [5.74, 6) is 0.909. The van der Waals surface area contributed by atoms with Gasteiger partial charge >= 0.3 is 0 Å². The molecule has 6 heteroatoms. The summed E-state index contributed by atoms with van der Waals surface area (Å²) in [5.41, 5.74) is 2.14. The predicted octanol–water partition coefficient (Wildman–Crippen LogP) is 1.64. The van der Waals surface area contributed by atoms with Gasteiger partial charge in [0.15, 0.2) is 5.82 Å². The fraction of sp³-hybridized carbons (Fsp3) is 0.667. The lowest BCUT2D eigenvalue weighted by Crippen LogP contribution is -2.34. The van der Waals surface area contributed by atoms with E-state index in [2.05, 4.69) is 27.8 Å². The number of rotatable bonds is 3. The predicted molar refractivity (Wildman–Crippen MR) is 74.2 cm³/mol. The van der Waals surface area contributed by atoms with Crippen LogP contribution in [-0.4, -0.2) is 29.2 Å². The summed E-state index contributed by atoms with van der Waals surface area (Å²) in [5, 5.41) is 13.3. The van der Waals surface area contributed by atoms with Crippen LogP contribution in [0.1, 0.15) is 31.0 Å². The van der Waals surface area contributed by atoms with Gasteiger partial charge in [0.1, 0.15) is 0 Å². The molecule has 0 aliphatic carbocycles.